The number of rotatable bonds is 3. The van der Waals surface area contributed by atoms with Gasteiger partial charge in [0.05, 0.1) is 16.3 Å². The summed E-state index contributed by atoms with van der Waals surface area (Å²) in [7, 11) is -3.64. The minimum absolute atomic E-state index is 0.201. The Balaban J connectivity index is 2.38. The first-order valence-electron chi connectivity index (χ1n) is 5.72. The van der Waals surface area contributed by atoms with E-state index < -0.39 is 10.0 Å². The number of aromatic nitrogens is 1. The largest absolute Gasteiger partial charge is 0.278 e. The van der Waals surface area contributed by atoms with Gasteiger partial charge in [-0.1, -0.05) is 27.5 Å². The van der Waals surface area contributed by atoms with Crippen molar-refractivity contribution in [2.75, 3.05) is 4.72 Å². The van der Waals surface area contributed by atoms with E-state index >= 15 is 0 Å². The lowest BCUT2D eigenvalue weighted by Gasteiger charge is -2.11. The van der Waals surface area contributed by atoms with E-state index in [-0.39, 0.29) is 4.90 Å². The summed E-state index contributed by atoms with van der Waals surface area (Å²) >= 11 is 9.09. The highest BCUT2D eigenvalue weighted by Crippen LogP contribution is 2.23. The molecule has 0 aliphatic rings. The molecule has 0 fully saturated rings. The van der Waals surface area contributed by atoms with Crippen LogP contribution in [0.1, 0.15) is 11.3 Å². The SMILES string of the molecule is Cc1cc(S(=O)(=O)Nc2ccc(Cl)nc2C)ccc1Br. The first-order chi connectivity index (χ1) is 9.29. The Morgan fingerprint density at radius 3 is 2.50 bits per heavy atom. The van der Waals surface area contributed by atoms with Gasteiger partial charge < -0.3 is 0 Å². The molecule has 106 valence electrons. The van der Waals surface area contributed by atoms with E-state index in [9.17, 15) is 8.42 Å². The molecule has 0 amide bonds. The van der Waals surface area contributed by atoms with Crippen molar-refractivity contribution in [2.45, 2.75) is 18.7 Å². The molecular weight excluding hydrogens is 364 g/mol. The van der Waals surface area contributed by atoms with Crippen LogP contribution in [-0.4, -0.2) is 13.4 Å². The van der Waals surface area contributed by atoms with E-state index in [1.54, 1.807) is 31.2 Å². The quantitative estimate of drug-likeness (QED) is 0.827. The molecule has 4 nitrogen and oxygen atoms in total. The predicted molar refractivity (Wildman–Crippen MR) is 83.7 cm³/mol. The molecule has 7 heteroatoms. The van der Waals surface area contributed by atoms with E-state index in [2.05, 4.69) is 25.6 Å². The van der Waals surface area contributed by atoms with E-state index in [4.69, 9.17) is 11.6 Å². The molecule has 1 aromatic carbocycles. The highest BCUT2D eigenvalue weighted by atomic mass is 79.9. The number of halogens is 2. The van der Waals surface area contributed by atoms with Gasteiger partial charge >= 0.3 is 0 Å². The van der Waals surface area contributed by atoms with Crippen LogP contribution in [-0.2, 0) is 10.0 Å². The average molecular weight is 376 g/mol. The molecule has 0 aliphatic heterocycles. The molecule has 20 heavy (non-hydrogen) atoms. The van der Waals surface area contributed by atoms with E-state index in [0.29, 0.717) is 16.5 Å². The second kappa shape index (κ2) is 5.71. The second-order valence-corrected chi connectivity index (χ2v) is 7.21. The van der Waals surface area contributed by atoms with Crippen molar-refractivity contribution in [1.29, 1.82) is 0 Å². The normalized spacial score (nSPS) is 11.4. The fraction of sp³-hybridized carbons (Fsp3) is 0.154. The molecule has 0 atom stereocenters. The van der Waals surface area contributed by atoms with Gasteiger partial charge in [0.15, 0.2) is 0 Å². The first-order valence-corrected chi connectivity index (χ1v) is 8.37. The van der Waals surface area contributed by atoms with Gasteiger partial charge in [0, 0.05) is 4.47 Å². The van der Waals surface area contributed by atoms with Crippen LogP contribution in [0.2, 0.25) is 5.15 Å². The molecule has 0 radical (unpaired) electrons. The lowest BCUT2D eigenvalue weighted by atomic mass is 10.2. The molecule has 2 aromatic rings. The maximum atomic E-state index is 12.3. The fourth-order valence-corrected chi connectivity index (χ4v) is 3.26. The van der Waals surface area contributed by atoms with Gasteiger partial charge in [-0.3, -0.25) is 4.72 Å². The number of sulfonamides is 1. The number of aryl methyl sites for hydroxylation is 2. The molecule has 0 bridgehead atoms. The van der Waals surface area contributed by atoms with Gasteiger partial charge in [-0.15, -0.1) is 0 Å². The Morgan fingerprint density at radius 2 is 1.90 bits per heavy atom. The molecule has 2 rings (SSSR count). The van der Waals surface area contributed by atoms with Crippen molar-refractivity contribution in [3.63, 3.8) is 0 Å². The minimum Gasteiger partial charge on any atom is -0.278 e. The van der Waals surface area contributed by atoms with Crippen molar-refractivity contribution < 1.29 is 8.42 Å². The summed E-state index contributed by atoms with van der Waals surface area (Å²) in [5.41, 5.74) is 1.78. The summed E-state index contributed by atoms with van der Waals surface area (Å²) in [4.78, 5) is 4.22. The molecule has 0 unspecified atom stereocenters. The smallest absolute Gasteiger partial charge is 0.261 e. The number of hydrogen-bond donors (Lipinski definition) is 1. The predicted octanol–water partition coefficient (Wildman–Crippen LogP) is 3.92. The Labute approximate surface area is 131 Å². The van der Waals surface area contributed by atoms with Crippen molar-refractivity contribution in [3.8, 4) is 0 Å². The third-order valence-corrected chi connectivity index (χ3v) is 5.20. The Kier molecular flexibility index (Phi) is 4.36. The highest BCUT2D eigenvalue weighted by Gasteiger charge is 2.16. The topological polar surface area (TPSA) is 59.1 Å². The summed E-state index contributed by atoms with van der Waals surface area (Å²) in [5, 5.41) is 0.324. The zero-order valence-electron chi connectivity index (χ0n) is 10.8. The van der Waals surface area contributed by atoms with Gasteiger partial charge in [-0.05, 0) is 49.7 Å². The Hall–Kier alpha value is -1.11. The van der Waals surface area contributed by atoms with Crippen LogP contribution in [0.15, 0.2) is 39.7 Å². The third-order valence-electron chi connectivity index (χ3n) is 2.74. The van der Waals surface area contributed by atoms with Gasteiger partial charge in [0.2, 0.25) is 0 Å². The molecule has 0 spiro atoms. The molecule has 0 saturated heterocycles. The third kappa shape index (κ3) is 3.31. The molecule has 0 saturated carbocycles. The molecule has 1 aromatic heterocycles. The van der Waals surface area contributed by atoms with Gasteiger partial charge in [-0.25, -0.2) is 13.4 Å². The van der Waals surface area contributed by atoms with Crippen LogP contribution in [0, 0.1) is 13.8 Å². The highest BCUT2D eigenvalue weighted by molar-refractivity contribution is 9.10. The second-order valence-electron chi connectivity index (χ2n) is 4.28. The van der Waals surface area contributed by atoms with E-state index in [1.807, 2.05) is 6.92 Å². The fourth-order valence-electron chi connectivity index (χ4n) is 1.63. The number of anilines is 1. The zero-order chi connectivity index (χ0) is 14.9. The summed E-state index contributed by atoms with van der Waals surface area (Å²) < 4.78 is 28.0. The zero-order valence-corrected chi connectivity index (χ0v) is 14.0. The van der Waals surface area contributed by atoms with Gasteiger partial charge in [-0.2, -0.15) is 0 Å². The lowest BCUT2D eigenvalue weighted by molar-refractivity contribution is 0.601. The van der Waals surface area contributed by atoms with Crippen LogP contribution < -0.4 is 4.72 Å². The average Bonchev–Trinajstić information content (AvgIpc) is 2.36. The van der Waals surface area contributed by atoms with Crippen molar-refractivity contribution in [2.24, 2.45) is 0 Å². The first kappa shape index (κ1) is 15.3. The number of benzene rings is 1. The van der Waals surface area contributed by atoms with E-state index in [0.717, 1.165) is 10.0 Å². The minimum atomic E-state index is -3.64. The van der Waals surface area contributed by atoms with Crippen molar-refractivity contribution in [1.82, 2.24) is 4.98 Å². The molecular formula is C13H12BrClN2O2S. The van der Waals surface area contributed by atoms with Crippen molar-refractivity contribution in [3.05, 3.63) is 51.2 Å². The Morgan fingerprint density at radius 1 is 1.20 bits per heavy atom. The number of nitrogens with zero attached hydrogens (tertiary/aromatic N) is 1. The maximum Gasteiger partial charge on any atom is 0.261 e. The summed E-state index contributed by atoms with van der Waals surface area (Å²) in [6, 6.07) is 7.98. The summed E-state index contributed by atoms with van der Waals surface area (Å²) in [6.45, 7) is 3.52. The standard InChI is InChI=1S/C13H12BrClN2O2S/c1-8-7-10(3-4-11(8)14)20(18,19)17-12-5-6-13(15)16-9(12)2/h3-7,17H,1-2H3. The van der Waals surface area contributed by atoms with Crippen molar-refractivity contribution >= 4 is 43.2 Å². The molecule has 1 heterocycles. The maximum absolute atomic E-state index is 12.3. The van der Waals surface area contributed by atoms with Crippen LogP contribution in [0.5, 0.6) is 0 Å². The summed E-state index contributed by atoms with van der Waals surface area (Å²) in [5.74, 6) is 0. The summed E-state index contributed by atoms with van der Waals surface area (Å²) in [6.07, 6.45) is 0. The number of nitrogens with one attached hydrogen (secondary N) is 1. The number of hydrogen-bond acceptors (Lipinski definition) is 3. The van der Waals surface area contributed by atoms with Crippen LogP contribution in [0.3, 0.4) is 0 Å². The van der Waals surface area contributed by atoms with Gasteiger partial charge in [0.1, 0.15) is 5.15 Å². The van der Waals surface area contributed by atoms with E-state index in [1.165, 1.54) is 6.07 Å². The Bertz CT molecular complexity index is 763. The van der Waals surface area contributed by atoms with Gasteiger partial charge in [0.25, 0.3) is 10.0 Å². The van der Waals surface area contributed by atoms with Crippen LogP contribution >= 0.6 is 27.5 Å². The molecule has 0 aliphatic carbocycles. The lowest BCUT2D eigenvalue weighted by Crippen LogP contribution is -2.14. The van der Waals surface area contributed by atoms with Crippen LogP contribution in [0.4, 0.5) is 5.69 Å². The number of pyridine rings is 1. The monoisotopic (exact) mass is 374 g/mol. The molecule has 1 N–H and O–H groups in total. The van der Waals surface area contributed by atoms with Crippen LogP contribution in [0.25, 0.3) is 0 Å².